The van der Waals surface area contributed by atoms with E-state index in [0.29, 0.717) is 17.0 Å². The topological polar surface area (TPSA) is 78.3 Å². The molecule has 0 saturated heterocycles. The lowest BCUT2D eigenvalue weighted by Crippen LogP contribution is -2.38. The number of amides is 1. The molecule has 1 unspecified atom stereocenters. The smallest absolute Gasteiger partial charge is 0.267 e. The van der Waals surface area contributed by atoms with Gasteiger partial charge in [0.05, 0.1) is 6.54 Å². The minimum Gasteiger partial charge on any atom is -0.466 e. The molecule has 3 N–H and O–H groups in total. The Kier molecular flexibility index (Phi) is 4.06. The van der Waals surface area contributed by atoms with Gasteiger partial charge in [0.2, 0.25) is 0 Å². The lowest BCUT2D eigenvalue weighted by atomic mass is 9.96. The average Bonchev–Trinajstić information content (AvgIpc) is 2.93. The number of rotatable bonds is 4. The number of aromatic nitrogens is 1. The van der Waals surface area contributed by atoms with E-state index in [1.807, 2.05) is 6.92 Å². The summed E-state index contributed by atoms with van der Waals surface area (Å²) >= 11 is 3.27. The minimum absolute atomic E-state index is 0.0995. The molecular formula is C14H17BrN2O3. The summed E-state index contributed by atoms with van der Waals surface area (Å²) in [5, 5.41) is 13.2. The summed E-state index contributed by atoms with van der Waals surface area (Å²) in [4.78, 5) is 14.8. The lowest BCUT2D eigenvalue weighted by molar-refractivity contribution is 0.0513. The van der Waals surface area contributed by atoms with Crippen LogP contribution in [0.5, 0.6) is 0 Å². The highest BCUT2D eigenvalue weighted by Crippen LogP contribution is 2.26. The van der Waals surface area contributed by atoms with Crippen molar-refractivity contribution in [3.8, 4) is 0 Å². The molecule has 6 heteroatoms. The van der Waals surface area contributed by atoms with Gasteiger partial charge in [-0.15, -0.1) is 0 Å². The van der Waals surface area contributed by atoms with Gasteiger partial charge in [-0.1, -0.05) is 0 Å². The Morgan fingerprint density at radius 1 is 1.50 bits per heavy atom. The van der Waals surface area contributed by atoms with E-state index in [-0.39, 0.29) is 12.5 Å². The van der Waals surface area contributed by atoms with Crippen LogP contribution in [0.1, 0.15) is 34.5 Å². The number of carbonyl (C=O) groups excluding carboxylic acids is 1. The molecule has 2 aromatic heterocycles. The molecule has 20 heavy (non-hydrogen) atoms. The standard InChI is InChI=1S/C14H17BrN2O3/c1-8-4-11(9(2)20-8)14(3,19)7-17-13(18)12-5-10(15)6-16-12/h4-6,16,19H,7H2,1-3H3,(H,17,18). The minimum atomic E-state index is -1.18. The Labute approximate surface area is 125 Å². The maximum atomic E-state index is 11.9. The van der Waals surface area contributed by atoms with Gasteiger partial charge < -0.3 is 19.8 Å². The number of carbonyl (C=O) groups is 1. The Balaban J connectivity index is 2.06. The van der Waals surface area contributed by atoms with E-state index in [1.165, 1.54) is 0 Å². The van der Waals surface area contributed by atoms with Gasteiger partial charge in [-0.05, 0) is 48.8 Å². The molecular weight excluding hydrogens is 324 g/mol. The summed E-state index contributed by atoms with van der Waals surface area (Å²) in [5.74, 6) is 1.12. The molecule has 0 aromatic carbocycles. The van der Waals surface area contributed by atoms with Crippen molar-refractivity contribution >= 4 is 21.8 Å². The van der Waals surface area contributed by atoms with Gasteiger partial charge in [0.15, 0.2) is 0 Å². The van der Waals surface area contributed by atoms with Crippen LogP contribution in [0.4, 0.5) is 0 Å². The fourth-order valence-electron chi connectivity index (χ4n) is 2.11. The van der Waals surface area contributed by atoms with E-state index in [4.69, 9.17) is 4.42 Å². The maximum absolute atomic E-state index is 11.9. The van der Waals surface area contributed by atoms with Crippen LogP contribution < -0.4 is 5.32 Å². The summed E-state index contributed by atoms with van der Waals surface area (Å²) in [6.45, 7) is 5.36. The first-order valence-electron chi connectivity index (χ1n) is 6.21. The molecule has 0 aliphatic rings. The molecule has 1 atom stereocenters. The Morgan fingerprint density at radius 2 is 2.20 bits per heavy atom. The number of nitrogens with one attached hydrogen (secondary N) is 2. The molecule has 5 nitrogen and oxygen atoms in total. The molecule has 2 heterocycles. The number of furan rings is 1. The van der Waals surface area contributed by atoms with Crippen LogP contribution in [0.2, 0.25) is 0 Å². The van der Waals surface area contributed by atoms with Crippen molar-refractivity contribution in [3.63, 3.8) is 0 Å². The van der Waals surface area contributed by atoms with Crippen molar-refractivity contribution in [1.82, 2.24) is 10.3 Å². The fraction of sp³-hybridized carbons (Fsp3) is 0.357. The van der Waals surface area contributed by atoms with Crippen LogP contribution in [0, 0.1) is 13.8 Å². The third kappa shape index (κ3) is 3.13. The number of aryl methyl sites for hydroxylation is 2. The van der Waals surface area contributed by atoms with Crippen LogP contribution in [-0.2, 0) is 5.60 Å². The van der Waals surface area contributed by atoms with Crippen LogP contribution >= 0.6 is 15.9 Å². The summed E-state index contributed by atoms with van der Waals surface area (Å²) in [6.07, 6.45) is 1.68. The number of hydrogen-bond acceptors (Lipinski definition) is 3. The van der Waals surface area contributed by atoms with Gasteiger partial charge in [0.25, 0.3) is 5.91 Å². The Hall–Kier alpha value is -1.53. The molecule has 0 spiro atoms. The maximum Gasteiger partial charge on any atom is 0.267 e. The zero-order valence-electron chi connectivity index (χ0n) is 11.6. The summed E-state index contributed by atoms with van der Waals surface area (Å²) in [7, 11) is 0. The zero-order valence-corrected chi connectivity index (χ0v) is 13.2. The van der Waals surface area contributed by atoms with E-state index >= 15 is 0 Å². The third-order valence-corrected chi connectivity index (χ3v) is 3.56. The van der Waals surface area contributed by atoms with Crippen molar-refractivity contribution in [1.29, 1.82) is 0 Å². The Morgan fingerprint density at radius 3 is 2.70 bits per heavy atom. The summed E-state index contributed by atoms with van der Waals surface area (Å²) in [5.41, 5.74) is -0.0582. The fourth-order valence-corrected chi connectivity index (χ4v) is 2.45. The van der Waals surface area contributed by atoms with E-state index < -0.39 is 5.60 Å². The van der Waals surface area contributed by atoms with Gasteiger partial charge in [-0.25, -0.2) is 0 Å². The first kappa shape index (κ1) is 14.9. The SMILES string of the molecule is Cc1cc(C(C)(O)CNC(=O)c2cc(Br)c[nH]2)c(C)o1. The largest absolute Gasteiger partial charge is 0.466 e. The number of aliphatic hydroxyl groups is 1. The summed E-state index contributed by atoms with van der Waals surface area (Å²) < 4.78 is 6.21. The van der Waals surface area contributed by atoms with Crippen LogP contribution in [0.3, 0.4) is 0 Å². The van der Waals surface area contributed by atoms with Gasteiger partial charge in [-0.2, -0.15) is 0 Å². The first-order valence-corrected chi connectivity index (χ1v) is 7.01. The molecule has 0 aliphatic carbocycles. The number of H-pyrrole nitrogens is 1. The van der Waals surface area contributed by atoms with E-state index in [9.17, 15) is 9.90 Å². The van der Waals surface area contributed by atoms with Gasteiger partial charge in [0.1, 0.15) is 22.8 Å². The molecule has 1 amide bonds. The number of aromatic amines is 1. The molecule has 0 bridgehead atoms. The number of halogens is 1. The van der Waals surface area contributed by atoms with Crippen molar-refractivity contribution in [3.05, 3.63) is 45.6 Å². The molecule has 0 radical (unpaired) electrons. The van der Waals surface area contributed by atoms with Crippen molar-refractivity contribution in [2.24, 2.45) is 0 Å². The van der Waals surface area contributed by atoms with E-state index in [2.05, 4.69) is 26.2 Å². The highest BCUT2D eigenvalue weighted by atomic mass is 79.9. The number of hydrogen-bond donors (Lipinski definition) is 3. The average molecular weight is 341 g/mol. The van der Waals surface area contributed by atoms with Crippen molar-refractivity contribution in [2.75, 3.05) is 6.54 Å². The third-order valence-electron chi connectivity index (χ3n) is 3.11. The van der Waals surface area contributed by atoms with Gasteiger partial charge in [-0.3, -0.25) is 4.79 Å². The normalized spacial score (nSPS) is 14.1. The highest BCUT2D eigenvalue weighted by molar-refractivity contribution is 9.10. The van der Waals surface area contributed by atoms with Crippen LogP contribution in [-0.4, -0.2) is 22.5 Å². The van der Waals surface area contributed by atoms with Crippen molar-refractivity contribution in [2.45, 2.75) is 26.4 Å². The molecule has 2 aromatic rings. The second kappa shape index (κ2) is 5.46. The van der Waals surface area contributed by atoms with Crippen LogP contribution in [0.15, 0.2) is 27.2 Å². The van der Waals surface area contributed by atoms with Crippen LogP contribution in [0.25, 0.3) is 0 Å². The second-order valence-corrected chi connectivity index (χ2v) is 5.93. The molecule has 0 saturated carbocycles. The molecule has 0 aliphatic heterocycles. The molecule has 0 fully saturated rings. The highest BCUT2D eigenvalue weighted by Gasteiger charge is 2.28. The molecule has 108 valence electrons. The predicted molar refractivity (Wildman–Crippen MR) is 78.6 cm³/mol. The predicted octanol–water partition coefficient (Wildman–Crippen LogP) is 2.62. The lowest BCUT2D eigenvalue weighted by Gasteiger charge is -2.23. The Bertz CT molecular complexity index is 628. The van der Waals surface area contributed by atoms with E-state index in [1.54, 1.807) is 32.2 Å². The monoisotopic (exact) mass is 340 g/mol. The quantitative estimate of drug-likeness (QED) is 0.800. The van der Waals surface area contributed by atoms with Gasteiger partial charge >= 0.3 is 0 Å². The second-order valence-electron chi connectivity index (χ2n) is 5.02. The van der Waals surface area contributed by atoms with Crippen molar-refractivity contribution < 1.29 is 14.3 Å². The zero-order chi connectivity index (χ0) is 14.9. The van der Waals surface area contributed by atoms with E-state index in [0.717, 1.165) is 10.2 Å². The first-order chi connectivity index (χ1) is 9.29. The molecule has 2 rings (SSSR count). The van der Waals surface area contributed by atoms with Gasteiger partial charge in [0, 0.05) is 16.2 Å². The summed E-state index contributed by atoms with van der Waals surface area (Å²) in [6, 6.07) is 3.46.